The maximum atomic E-state index is 15.1. The molecular formula is C25H23BrFN5O4. The van der Waals surface area contributed by atoms with Crippen LogP contribution in [0.2, 0.25) is 0 Å². The van der Waals surface area contributed by atoms with Crippen LogP contribution in [0.1, 0.15) is 58.4 Å². The number of Topliss-reactive ketones (excluding diaryl/α,β-unsaturated/α-hetero) is 1. The van der Waals surface area contributed by atoms with Crippen LogP contribution in [0.15, 0.2) is 53.3 Å². The van der Waals surface area contributed by atoms with E-state index in [0.717, 1.165) is 4.47 Å². The van der Waals surface area contributed by atoms with Gasteiger partial charge in [-0.3, -0.25) is 10.1 Å². The van der Waals surface area contributed by atoms with Gasteiger partial charge in [-0.15, -0.1) is 0 Å². The standard InChI is InChI=1S/C25H23BrFN5O4/c1-2-3-19(33)15-6-7-17(27)22(23(15)36-24(34)13-4-8-20(28)29-11-13)16-10-18(16)31-25(35)32-21-9-5-14(26)12-30-21/h4-9,11-12,16,18H,2-3,10H2,1H3,(H2,28,29)(H2,30,31,32,35)/t16-,18+/m1/s1. The number of hydrogen-bond donors (Lipinski definition) is 3. The van der Waals surface area contributed by atoms with E-state index in [1.807, 2.05) is 6.92 Å². The minimum atomic E-state index is -0.802. The molecule has 0 unspecified atom stereocenters. The van der Waals surface area contributed by atoms with E-state index >= 15 is 4.39 Å². The minimum Gasteiger partial charge on any atom is -0.422 e. The summed E-state index contributed by atoms with van der Waals surface area (Å²) in [4.78, 5) is 46.0. The van der Waals surface area contributed by atoms with Gasteiger partial charge in [0.05, 0.1) is 11.1 Å². The SMILES string of the molecule is CCCC(=O)c1ccc(F)c([C@@H]2C[C@@H]2NC(=O)Nc2ccc(Br)cn2)c1OC(=O)c1ccc(N)nc1. The average molecular weight is 556 g/mol. The number of ketones is 1. The Morgan fingerprint density at radius 1 is 1.14 bits per heavy atom. The molecule has 0 spiro atoms. The lowest BCUT2D eigenvalue weighted by Crippen LogP contribution is -2.31. The van der Waals surface area contributed by atoms with Gasteiger partial charge in [0.15, 0.2) is 5.78 Å². The summed E-state index contributed by atoms with van der Waals surface area (Å²) < 4.78 is 21.5. The summed E-state index contributed by atoms with van der Waals surface area (Å²) in [5, 5.41) is 5.38. The number of carbonyl (C=O) groups is 3. The van der Waals surface area contributed by atoms with Gasteiger partial charge in [0, 0.05) is 40.8 Å². The second-order valence-electron chi connectivity index (χ2n) is 8.28. The van der Waals surface area contributed by atoms with Crippen LogP contribution < -0.4 is 21.1 Å². The first-order valence-electron chi connectivity index (χ1n) is 11.2. The first-order valence-corrected chi connectivity index (χ1v) is 12.0. The number of anilines is 2. The van der Waals surface area contributed by atoms with Gasteiger partial charge in [-0.05, 0) is 65.2 Å². The highest BCUT2D eigenvalue weighted by Gasteiger charge is 2.44. The molecule has 2 aromatic heterocycles. The van der Waals surface area contributed by atoms with E-state index in [0.29, 0.717) is 18.7 Å². The molecule has 3 aromatic rings. The molecule has 2 amide bonds. The van der Waals surface area contributed by atoms with E-state index in [-0.39, 0.29) is 40.5 Å². The molecule has 1 aliphatic rings. The first-order chi connectivity index (χ1) is 17.3. The van der Waals surface area contributed by atoms with Gasteiger partial charge in [-0.1, -0.05) is 6.92 Å². The Bertz CT molecular complexity index is 1300. The Morgan fingerprint density at radius 2 is 1.94 bits per heavy atom. The number of rotatable bonds is 8. The summed E-state index contributed by atoms with van der Waals surface area (Å²) in [6.07, 6.45) is 3.96. The maximum Gasteiger partial charge on any atom is 0.345 e. The fourth-order valence-corrected chi connectivity index (χ4v) is 3.97. The average Bonchev–Trinajstić information content (AvgIpc) is 3.59. The van der Waals surface area contributed by atoms with E-state index in [4.69, 9.17) is 10.5 Å². The first kappa shape index (κ1) is 25.2. The van der Waals surface area contributed by atoms with Gasteiger partial charge in [0.1, 0.15) is 23.2 Å². The second-order valence-corrected chi connectivity index (χ2v) is 9.20. The number of carbonyl (C=O) groups excluding carboxylic acids is 3. The maximum absolute atomic E-state index is 15.1. The monoisotopic (exact) mass is 555 g/mol. The van der Waals surface area contributed by atoms with Gasteiger partial charge < -0.3 is 15.8 Å². The van der Waals surface area contributed by atoms with Crippen molar-refractivity contribution in [1.29, 1.82) is 0 Å². The van der Waals surface area contributed by atoms with E-state index in [1.165, 1.54) is 30.5 Å². The summed E-state index contributed by atoms with van der Waals surface area (Å²) in [5.41, 5.74) is 5.85. The minimum absolute atomic E-state index is 0.0702. The zero-order valence-corrected chi connectivity index (χ0v) is 20.8. The van der Waals surface area contributed by atoms with Gasteiger partial charge in [-0.25, -0.2) is 23.9 Å². The van der Waals surface area contributed by atoms with Crippen molar-refractivity contribution < 1.29 is 23.5 Å². The molecule has 1 saturated carbocycles. The Balaban J connectivity index is 1.57. The number of benzene rings is 1. The molecule has 0 bridgehead atoms. The summed E-state index contributed by atoms with van der Waals surface area (Å²) in [7, 11) is 0. The molecule has 11 heteroatoms. The van der Waals surface area contributed by atoms with Gasteiger partial charge in [-0.2, -0.15) is 0 Å². The van der Waals surface area contributed by atoms with Crippen molar-refractivity contribution in [3.63, 3.8) is 0 Å². The number of halogens is 2. The summed E-state index contributed by atoms with van der Waals surface area (Å²) >= 11 is 3.27. The van der Waals surface area contributed by atoms with Crippen LogP contribution in [0.4, 0.5) is 20.8 Å². The van der Waals surface area contributed by atoms with Crippen LogP contribution in [0.5, 0.6) is 5.75 Å². The van der Waals surface area contributed by atoms with Crippen LogP contribution in [0.3, 0.4) is 0 Å². The van der Waals surface area contributed by atoms with E-state index in [9.17, 15) is 14.4 Å². The van der Waals surface area contributed by atoms with Crippen molar-refractivity contribution in [2.24, 2.45) is 0 Å². The van der Waals surface area contributed by atoms with Gasteiger partial charge in [0.2, 0.25) is 0 Å². The van der Waals surface area contributed by atoms with Crippen LogP contribution in [-0.2, 0) is 0 Å². The molecular weight excluding hydrogens is 533 g/mol. The number of nitrogens with two attached hydrogens (primary N) is 1. The van der Waals surface area contributed by atoms with Crippen molar-refractivity contribution in [1.82, 2.24) is 15.3 Å². The van der Waals surface area contributed by atoms with Crippen molar-refractivity contribution in [2.45, 2.75) is 38.1 Å². The van der Waals surface area contributed by atoms with Crippen LogP contribution in [0, 0.1) is 5.82 Å². The third-order valence-electron chi connectivity index (χ3n) is 5.58. The number of nitrogens with one attached hydrogen (secondary N) is 2. The van der Waals surface area contributed by atoms with E-state index in [2.05, 4.69) is 36.5 Å². The normalized spacial score (nSPS) is 16.2. The van der Waals surface area contributed by atoms with Crippen LogP contribution in [0.25, 0.3) is 0 Å². The molecule has 2 atom stereocenters. The van der Waals surface area contributed by atoms with E-state index in [1.54, 1.807) is 18.3 Å². The molecule has 4 rings (SSSR count). The number of urea groups is 1. The zero-order chi connectivity index (χ0) is 25.8. The zero-order valence-electron chi connectivity index (χ0n) is 19.3. The number of pyridine rings is 2. The summed E-state index contributed by atoms with van der Waals surface area (Å²) in [6.45, 7) is 1.84. The van der Waals surface area contributed by atoms with Crippen LogP contribution >= 0.6 is 15.9 Å². The highest BCUT2D eigenvalue weighted by molar-refractivity contribution is 9.10. The Hall–Kier alpha value is -3.86. The third kappa shape index (κ3) is 5.85. The highest BCUT2D eigenvalue weighted by Crippen LogP contribution is 2.47. The molecule has 186 valence electrons. The summed E-state index contributed by atoms with van der Waals surface area (Å²) in [5.74, 6) is -1.77. The predicted molar refractivity (Wildman–Crippen MR) is 134 cm³/mol. The number of nitrogen functional groups attached to an aromatic ring is 1. The molecule has 0 saturated heterocycles. The Morgan fingerprint density at radius 3 is 2.61 bits per heavy atom. The van der Waals surface area contributed by atoms with Gasteiger partial charge >= 0.3 is 12.0 Å². The number of amides is 2. The Kier molecular flexibility index (Phi) is 7.58. The van der Waals surface area contributed by atoms with Crippen molar-refractivity contribution in [2.75, 3.05) is 11.1 Å². The fourth-order valence-electron chi connectivity index (χ4n) is 3.73. The fraction of sp³-hybridized carbons (Fsp3) is 0.240. The predicted octanol–water partition coefficient (Wildman–Crippen LogP) is 4.84. The summed E-state index contributed by atoms with van der Waals surface area (Å²) in [6, 6.07) is 7.78. The quantitative estimate of drug-likeness (QED) is 0.205. The largest absolute Gasteiger partial charge is 0.422 e. The second kappa shape index (κ2) is 10.8. The molecule has 1 aromatic carbocycles. The number of ether oxygens (including phenoxy) is 1. The van der Waals surface area contributed by atoms with Crippen molar-refractivity contribution in [3.8, 4) is 5.75 Å². The topological polar surface area (TPSA) is 136 Å². The molecule has 0 radical (unpaired) electrons. The molecule has 2 heterocycles. The van der Waals surface area contributed by atoms with Crippen molar-refractivity contribution in [3.05, 3.63) is 75.8 Å². The molecule has 9 nitrogen and oxygen atoms in total. The lowest BCUT2D eigenvalue weighted by molar-refractivity contribution is 0.0729. The number of esters is 1. The van der Waals surface area contributed by atoms with Gasteiger partial charge in [0.25, 0.3) is 0 Å². The lowest BCUT2D eigenvalue weighted by atomic mass is 9.99. The third-order valence-corrected chi connectivity index (χ3v) is 6.05. The smallest absolute Gasteiger partial charge is 0.345 e. The molecule has 1 aliphatic carbocycles. The number of aromatic nitrogens is 2. The molecule has 1 fully saturated rings. The lowest BCUT2D eigenvalue weighted by Gasteiger charge is -2.16. The van der Waals surface area contributed by atoms with Crippen molar-refractivity contribution >= 4 is 45.3 Å². The number of nitrogens with zero attached hydrogens (tertiary/aromatic N) is 2. The van der Waals surface area contributed by atoms with E-state index < -0.39 is 29.8 Å². The molecule has 0 aliphatic heterocycles. The van der Waals surface area contributed by atoms with Crippen LogP contribution in [-0.4, -0.2) is 33.8 Å². The Labute approximate surface area is 214 Å². The molecule has 36 heavy (non-hydrogen) atoms. The number of hydrogen-bond acceptors (Lipinski definition) is 7. The highest BCUT2D eigenvalue weighted by atomic mass is 79.9. The molecule has 4 N–H and O–H groups in total.